The zero-order valence-corrected chi connectivity index (χ0v) is 9.83. The van der Waals surface area contributed by atoms with Crippen molar-refractivity contribution in [2.45, 2.75) is 19.1 Å². The molecule has 5 heteroatoms. The SMILES string of the molecule is Cc1c(N)ccc(C(O)C(O)CBr)c1F. The van der Waals surface area contributed by atoms with Crippen molar-refractivity contribution < 1.29 is 14.6 Å². The van der Waals surface area contributed by atoms with Crippen LogP contribution in [-0.2, 0) is 0 Å². The maximum atomic E-state index is 13.6. The second-order valence-corrected chi connectivity index (χ2v) is 4.00. The van der Waals surface area contributed by atoms with Gasteiger partial charge in [-0.2, -0.15) is 0 Å². The van der Waals surface area contributed by atoms with Crippen LogP contribution < -0.4 is 5.73 Å². The summed E-state index contributed by atoms with van der Waals surface area (Å²) >= 11 is 3.01. The van der Waals surface area contributed by atoms with Gasteiger partial charge in [-0.3, -0.25) is 0 Å². The first-order valence-corrected chi connectivity index (χ1v) is 5.57. The van der Waals surface area contributed by atoms with Gasteiger partial charge in [0.25, 0.3) is 0 Å². The minimum absolute atomic E-state index is 0.0636. The van der Waals surface area contributed by atoms with Crippen molar-refractivity contribution in [3.63, 3.8) is 0 Å². The molecule has 1 rings (SSSR count). The molecule has 0 saturated carbocycles. The number of hydrogen-bond acceptors (Lipinski definition) is 3. The van der Waals surface area contributed by atoms with Gasteiger partial charge in [-0.25, -0.2) is 4.39 Å². The van der Waals surface area contributed by atoms with Crippen LogP contribution in [0.4, 0.5) is 10.1 Å². The van der Waals surface area contributed by atoms with Gasteiger partial charge >= 0.3 is 0 Å². The monoisotopic (exact) mass is 277 g/mol. The van der Waals surface area contributed by atoms with Gasteiger partial charge in [0, 0.05) is 22.1 Å². The van der Waals surface area contributed by atoms with Crippen molar-refractivity contribution in [3.8, 4) is 0 Å². The van der Waals surface area contributed by atoms with E-state index >= 15 is 0 Å². The molecule has 0 aromatic heterocycles. The van der Waals surface area contributed by atoms with E-state index in [2.05, 4.69) is 15.9 Å². The third-order valence-electron chi connectivity index (χ3n) is 2.30. The summed E-state index contributed by atoms with van der Waals surface area (Å²) in [7, 11) is 0. The van der Waals surface area contributed by atoms with Crippen LogP contribution in [-0.4, -0.2) is 21.6 Å². The fourth-order valence-corrected chi connectivity index (χ4v) is 1.60. The van der Waals surface area contributed by atoms with Crippen molar-refractivity contribution >= 4 is 21.6 Å². The molecule has 0 bridgehead atoms. The minimum Gasteiger partial charge on any atom is -0.398 e. The first-order valence-electron chi connectivity index (χ1n) is 4.45. The summed E-state index contributed by atoms with van der Waals surface area (Å²) in [5, 5.41) is 19.2. The highest BCUT2D eigenvalue weighted by Crippen LogP contribution is 2.26. The number of anilines is 1. The third kappa shape index (κ3) is 2.48. The number of alkyl halides is 1. The largest absolute Gasteiger partial charge is 0.398 e. The molecule has 0 spiro atoms. The van der Waals surface area contributed by atoms with Crippen LogP contribution in [0.15, 0.2) is 12.1 Å². The van der Waals surface area contributed by atoms with Crippen LogP contribution in [0, 0.1) is 12.7 Å². The van der Waals surface area contributed by atoms with E-state index in [0.717, 1.165) is 0 Å². The van der Waals surface area contributed by atoms with Crippen LogP contribution in [0.1, 0.15) is 17.2 Å². The van der Waals surface area contributed by atoms with Gasteiger partial charge in [0.1, 0.15) is 11.9 Å². The molecule has 1 aromatic rings. The van der Waals surface area contributed by atoms with E-state index < -0.39 is 18.0 Å². The molecule has 0 aliphatic rings. The van der Waals surface area contributed by atoms with E-state index in [1.165, 1.54) is 19.1 Å². The van der Waals surface area contributed by atoms with Crippen molar-refractivity contribution in [1.82, 2.24) is 0 Å². The zero-order chi connectivity index (χ0) is 11.6. The summed E-state index contributed by atoms with van der Waals surface area (Å²) in [6.07, 6.45) is -2.29. The average Bonchev–Trinajstić information content (AvgIpc) is 2.24. The zero-order valence-electron chi connectivity index (χ0n) is 8.24. The Bertz CT molecular complexity index is 360. The molecule has 4 N–H and O–H groups in total. The lowest BCUT2D eigenvalue weighted by atomic mass is 10.0. The normalized spacial score (nSPS) is 15.0. The topological polar surface area (TPSA) is 66.5 Å². The Morgan fingerprint density at radius 1 is 1.47 bits per heavy atom. The summed E-state index contributed by atoms with van der Waals surface area (Å²) in [5.41, 5.74) is 6.18. The van der Waals surface area contributed by atoms with Gasteiger partial charge in [-0.1, -0.05) is 22.0 Å². The number of hydrogen-bond donors (Lipinski definition) is 3. The van der Waals surface area contributed by atoms with Gasteiger partial charge in [-0.05, 0) is 13.0 Å². The molecule has 15 heavy (non-hydrogen) atoms. The highest BCUT2D eigenvalue weighted by Gasteiger charge is 2.21. The van der Waals surface area contributed by atoms with Crippen molar-refractivity contribution in [3.05, 3.63) is 29.1 Å². The van der Waals surface area contributed by atoms with Gasteiger partial charge in [0.2, 0.25) is 0 Å². The maximum absolute atomic E-state index is 13.6. The van der Waals surface area contributed by atoms with Crippen LogP contribution in [0.3, 0.4) is 0 Å². The Kier molecular flexibility index (Phi) is 4.07. The van der Waals surface area contributed by atoms with E-state index in [-0.39, 0.29) is 16.5 Å². The molecule has 0 saturated heterocycles. The second-order valence-electron chi connectivity index (χ2n) is 3.35. The number of halogens is 2. The Morgan fingerprint density at radius 2 is 2.07 bits per heavy atom. The summed E-state index contributed by atoms with van der Waals surface area (Å²) in [6.45, 7) is 1.53. The van der Waals surface area contributed by atoms with E-state index in [1.807, 2.05) is 0 Å². The fraction of sp³-hybridized carbons (Fsp3) is 0.400. The number of aliphatic hydroxyl groups excluding tert-OH is 2. The molecule has 0 fully saturated rings. The lowest BCUT2D eigenvalue weighted by molar-refractivity contribution is 0.0319. The van der Waals surface area contributed by atoms with E-state index in [9.17, 15) is 14.6 Å². The highest BCUT2D eigenvalue weighted by atomic mass is 79.9. The van der Waals surface area contributed by atoms with Crippen molar-refractivity contribution in [2.24, 2.45) is 0 Å². The van der Waals surface area contributed by atoms with E-state index in [4.69, 9.17) is 5.73 Å². The van der Waals surface area contributed by atoms with Gasteiger partial charge in [0.15, 0.2) is 0 Å². The first-order chi connectivity index (χ1) is 6.99. The van der Waals surface area contributed by atoms with Crippen LogP contribution >= 0.6 is 15.9 Å². The number of aliphatic hydroxyl groups is 2. The molecule has 2 atom stereocenters. The van der Waals surface area contributed by atoms with Gasteiger partial charge < -0.3 is 15.9 Å². The standard InChI is InChI=1S/C10H13BrFNO2/c1-5-7(13)3-2-6(9(5)12)10(15)8(14)4-11/h2-3,8,10,14-15H,4,13H2,1H3. The Labute approximate surface area is 95.9 Å². The molecule has 0 heterocycles. The van der Waals surface area contributed by atoms with Crippen LogP contribution in [0.2, 0.25) is 0 Å². The smallest absolute Gasteiger partial charge is 0.134 e. The predicted molar refractivity (Wildman–Crippen MR) is 60.3 cm³/mol. The first kappa shape index (κ1) is 12.4. The molecule has 0 radical (unpaired) electrons. The van der Waals surface area contributed by atoms with Gasteiger partial charge in [0.05, 0.1) is 6.10 Å². The summed E-state index contributed by atoms with van der Waals surface area (Å²) in [5.74, 6) is -0.567. The molecule has 84 valence electrons. The number of rotatable bonds is 3. The number of benzene rings is 1. The van der Waals surface area contributed by atoms with Crippen molar-refractivity contribution in [2.75, 3.05) is 11.1 Å². The lowest BCUT2D eigenvalue weighted by Gasteiger charge is -2.17. The Morgan fingerprint density at radius 3 is 2.60 bits per heavy atom. The third-order valence-corrected chi connectivity index (χ3v) is 2.96. The molecule has 1 aromatic carbocycles. The quantitative estimate of drug-likeness (QED) is 0.580. The van der Waals surface area contributed by atoms with Crippen molar-refractivity contribution in [1.29, 1.82) is 0 Å². The Hall–Kier alpha value is -0.650. The minimum atomic E-state index is -1.25. The molecule has 0 aliphatic heterocycles. The molecule has 2 unspecified atom stereocenters. The van der Waals surface area contributed by atoms with E-state index in [0.29, 0.717) is 5.69 Å². The Balaban J connectivity index is 3.10. The predicted octanol–water partition coefficient (Wildman–Crippen LogP) is 1.51. The summed E-state index contributed by atoms with van der Waals surface area (Å²) in [6, 6.07) is 2.89. The fourth-order valence-electron chi connectivity index (χ4n) is 1.24. The average molecular weight is 278 g/mol. The molecular weight excluding hydrogens is 265 g/mol. The summed E-state index contributed by atoms with van der Waals surface area (Å²) in [4.78, 5) is 0. The lowest BCUT2D eigenvalue weighted by Crippen LogP contribution is -2.21. The van der Waals surface area contributed by atoms with Crippen LogP contribution in [0.5, 0.6) is 0 Å². The van der Waals surface area contributed by atoms with Gasteiger partial charge in [-0.15, -0.1) is 0 Å². The maximum Gasteiger partial charge on any atom is 0.134 e. The van der Waals surface area contributed by atoms with E-state index in [1.54, 1.807) is 0 Å². The highest BCUT2D eigenvalue weighted by molar-refractivity contribution is 9.09. The molecule has 3 nitrogen and oxygen atoms in total. The number of nitrogens with two attached hydrogens (primary N) is 1. The summed E-state index contributed by atoms with van der Waals surface area (Å²) < 4.78 is 13.6. The van der Waals surface area contributed by atoms with Crippen LogP contribution in [0.25, 0.3) is 0 Å². The number of nitrogen functional groups attached to an aromatic ring is 1. The molecule has 0 amide bonds. The molecule has 0 aliphatic carbocycles. The molecular formula is C10H13BrFNO2. The second kappa shape index (κ2) is 4.92.